The van der Waals surface area contributed by atoms with Crippen LogP contribution in [0.1, 0.15) is 12.5 Å². The van der Waals surface area contributed by atoms with E-state index in [0.29, 0.717) is 4.70 Å². The van der Waals surface area contributed by atoms with Crippen molar-refractivity contribution in [1.82, 2.24) is 4.98 Å². The molecule has 0 saturated carbocycles. The van der Waals surface area contributed by atoms with Gasteiger partial charge in [0.1, 0.15) is 5.82 Å². The molecule has 3 heteroatoms. The van der Waals surface area contributed by atoms with Crippen LogP contribution in [0.2, 0.25) is 0 Å². The lowest BCUT2D eigenvalue weighted by molar-refractivity contribution is 0.641. The zero-order valence-electron chi connectivity index (χ0n) is 6.67. The Hall–Kier alpha value is -0.960. The van der Waals surface area contributed by atoms with E-state index in [1.807, 2.05) is 6.92 Å². The van der Waals surface area contributed by atoms with Gasteiger partial charge in [-0.25, -0.2) is 9.37 Å². The smallest absolute Gasteiger partial charge is 0.142 e. The lowest BCUT2D eigenvalue weighted by atomic mass is 10.1. The van der Waals surface area contributed by atoms with Crippen molar-refractivity contribution in [3.8, 4) is 0 Å². The molecule has 0 aliphatic rings. The zero-order valence-corrected chi connectivity index (χ0v) is 7.49. The summed E-state index contributed by atoms with van der Waals surface area (Å²) in [4.78, 5) is 4.13. The topological polar surface area (TPSA) is 12.9 Å². The van der Waals surface area contributed by atoms with Crippen LogP contribution in [0.3, 0.4) is 0 Å². The molecule has 1 heterocycles. The van der Waals surface area contributed by atoms with Crippen molar-refractivity contribution in [2.24, 2.45) is 0 Å². The molecule has 0 saturated heterocycles. The van der Waals surface area contributed by atoms with Crippen molar-refractivity contribution < 1.29 is 4.39 Å². The minimum Gasteiger partial charge on any atom is -0.244 e. The number of aryl methyl sites for hydroxylation is 1. The van der Waals surface area contributed by atoms with E-state index in [0.717, 1.165) is 17.5 Å². The fourth-order valence-corrected chi connectivity index (χ4v) is 2.00. The van der Waals surface area contributed by atoms with Gasteiger partial charge in [0.25, 0.3) is 0 Å². The van der Waals surface area contributed by atoms with Crippen LogP contribution in [0.5, 0.6) is 0 Å². The lowest BCUT2D eigenvalue weighted by Crippen LogP contribution is -1.84. The molecule has 0 spiro atoms. The molecular weight excluding hydrogens is 173 g/mol. The molecule has 0 aliphatic heterocycles. The van der Waals surface area contributed by atoms with E-state index < -0.39 is 0 Å². The Labute approximate surface area is 73.9 Å². The fourth-order valence-electron chi connectivity index (χ4n) is 1.26. The second-order valence-electron chi connectivity index (χ2n) is 2.59. The third-order valence-corrected chi connectivity index (χ3v) is 2.74. The molecular formula is C9H8FNS. The summed E-state index contributed by atoms with van der Waals surface area (Å²) in [6, 6.07) is 3.32. The predicted molar refractivity (Wildman–Crippen MR) is 49.0 cm³/mol. The third kappa shape index (κ3) is 1.01. The van der Waals surface area contributed by atoms with Gasteiger partial charge < -0.3 is 0 Å². The van der Waals surface area contributed by atoms with Gasteiger partial charge in [-0.15, -0.1) is 11.3 Å². The Morgan fingerprint density at radius 3 is 3.08 bits per heavy atom. The number of nitrogens with zero attached hydrogens (tertiary/aromatic N) is 1. The first kappa shape index (κ1) is 7.68. The van der Waals surface area contributed by atoms with Gasteiger partial charge in [0.15, 0.2) is 0 Å². The molecule has 0 N–H and O–H groups in total. The molecule has 2 aromatic rings. The minimum absolute atomic E-state index is 0.162. The van der Waals surface area contributed by atoms with Gasteiger partial charge in [-0.2, -0.15) is 0 Å². The largest absolute Gasteiger partial charge is 0.244 e. The molecule has 0 bridgehead atoms. The molecule has 62 valence electrons. The SMILES string of the molecule is CCc1ccc(F)c2scnc12. The number of fused-ring (bicyclic) bond motifs is 1. The van der Waals surface area contributed by atoms with E-state index >= 15 is 0 Å². The van der Waals surface area contributed by atoms with Gasteiger partial charge in [0, 0.05) is 0 Å². The predicted octanol–water partition coefficient (Wildman–Crippen LogP) is 3.00. The number of halogens is 1. The molecule has 0 fully saturated rings. The number of hydrogen-bond donors (Lipinski definition) is 0. The first-order valence-electron chi connectivity index (χ1n) is 3.83. The van der Waals surface area contributed by atoms with Crippen LogP contribution in [-0.4, -0.2) is 4.98 Å². The van der Waals surface area contributed by atoms with Crippen molar-refractivity contribution in [1.29, 1.82) is 0 Å². The molecule has 2 rings (SSSR count). The summed E-state index contributed by atoms with van der Waals surface area (Å²) in [6.45, 7) is 2.05. The van der Waals surface area contributed by atoms with Gasteiger partial charge in [-0.1, -0.05) is 13.0 Å². The maximum absolute atomic E-state index is 13.1. The number of rotatable bonds is 1. The van der Waals surface area contributed by atoms with Crippen LogP contribution in [0.25, 0.3) is 10.2 Å². The Bertz CT molecular complexity index is 408. The van der Waals surface area contributed by atoms with Crippen LogP contribution >= 0.6 is 11.3 Å². The molecule has 0 unspecified atom stereocenters. The van der Waals surface area contributed by atoms with Gasteiger partial charge >= 0.3 is 0 Å². The summed E-state index contributed by atoms with van der Waals surface area (Å²) in [5.74, 6) is -0.162. The van der Waals surface area contributed by atoms with Crippen LogP contribution in [-0.2, 0) is 6.42 Å². The number of thiazole rings is 1. The minimum atomic E-state index is -0.162. The average Bonchev–Trinajstić information content (AvgIpc) is 2.54. The van der Waals surface area contributed by atoms with Crippen LogP contribution in [0.4, 0.5) is 4.39 Å². The normalized spacial score (nSPS) is 10.8. The van der Waals surface area contributed by atoms with E-state index in [4.69, 9.17) is 0 Å². The Kier molecular flexibility index (Phi) is 1.81. The van der Waals surface area contributed by atoms with Gasteiger partial charge in [-0.3, -0.25) is 0 Å². The summed E-state index contributed by atoms with van der Waals surface area (Å²) in [6.07, 6.45) is 0.903. The number of aromatic nitrogens is 1. The quantitative estimate of drug-likeness (QED) is 0.659. The second-order valence-corrected chi connectivity index (χ2v) is 3.44. The van der Waals surface area contributed by atoms with E-state index in [1.54, 1.807) is 11.6 Å². The number of hydrogen-bond acceptors (Lipinski definition) is 2. The third-order valence-electron chi connectivity index (χ3n) is 1.90. The maximum atomic E-state index is 13.1. The van der Waals surface area contributed by atoms with E-state index in [-0.39, 0.29) is 5.82 Å². The standard InChI is InChI=1S/C9H8FNS/c1-2-6-3-4-7(10)9-8(6)11-5-12-9/h3-5H,2H2,1H3. The molecule has 1 aromatic heterocycles. The van der Waals surface area contributed by atoms with E-state index in [9.17, 15) is 4.39 Å². The number of benzene rings is 1. The van der Waals surface area contributed by atoms with Crippen LogP contribution < -0.4 is 0 Å². The summed E-state index contributed by atoms with van der Waals surface area (Å²) in [5.41, 5.74) is 3.63. The highest BCUT2D eigenvalue weighted by Crippen LogP contribution is 2.24. The molecule has 0 amide bonds. The molecule has 0 atom stereocenters. The van der Waals surface area contributed by atoms with Gasteiger partial charge in [-0.05, 0) is 18.1 Å². The van der Waals surface area contributed by atoms with Crippen LogP contribution in [0, 0.1) is 5.82 Å². The highest BCUT2D eigenvalue weighted by Gasteiger charge is 2.06. The van der Waals surface area contributed by atoms with Crippen LogP contribution in [0.15, 0.2) is 17.6 Å². The van der Waals surface area contributed by atoms with Crippen molar-refractivity contribution in [3.05, 3.63) is 29.0 Å². The van der Waals surface area contributed by atoms with Gasteiger partial charge in [0.2, 0.25) is 0 Å². The average molecular weight is 181 g/mol. The van der Waals surface area contributed by atoms with E-state index in [1.165, 1.54) is 17.4 Å². The lowest BCUT2D eigenvalue weighted by Gasteiger charge is -1.97. The summed E-state index contributed by atoms with van der Waals surface area (Å²) in [5, 5.41) is 0. The maximum Gasteiger partial charge on any atom is 0.142 e. The highest BCUT2D eigenvalue weighted by atomic mass is 32.1. The molecule has 1 aromatic carbocycles. The Morgan fingerprint density at radius 1 is 1.50 bits per heavy atom. The monoisotopic (exact) mass is 181 g/mol. The fraction of sp³-hybridized carbons (Fsp3) is 0.222. The van der Waals surface area contributed by atoms with Crippen molar-refractivity contribution in [3.63, 3.8) is 0 Å². The van der Waals surface area contributed by atoms with Crippen molar-refractivity contribution >= 4 is 21.6 Å². The Morgan fingerprint density at radius 2 is 2.33 bits per heavy atom. The molecule has 0 aliphatic carbocycles. The second kappa shape index (κ2) is 2.83. The van der Waals surface area contributed by atoms with E-state index in [2.05, 4.69) is 4.98 Å². The molecule has 1 nitrogen and oxygen atoms in total. The van der Waals surface area contributed by atoms with Crippen molar-refractivity contribution in [2.45, 2.75) is 13.3 Å². The zero-order chi connectivity index (χ0) is 8.55. The van der Waals surface area contributed by atoms with Gasteiger partial charge in [0.05, 0.1) is 15.7 Å². The summed E-state index contributed by atoms with van der Waals surface area (Å²) >= 11 is 1.36. The van der Waals surface area contributed by atoms with Crippen molar-refractivity contribution in [2.75, 3.05) is 0 Å². The Balaban J connectivity index is 2.82. The first-order chi connectivity index (χ1) is 5.83. The first-order valence-corrected chi connectivity index (χ1v) is 4.71. The molecule has 0 radical (unpaired) electrons. The highest BCUT2D eigenvalue weighted by molar-refractivity contribution is 7.16. The summed E-state index contributed by atoms with van der Waals surface area (Å²) < 4.78 is 13.8. The molecule has 12 heavy (non-hydrogen) atoms. The summed E-state index contributed by atoms with van der Waals surface area (Å²) in [7, 11) is 0.